The Morgan fingerprint density at radius 1 is 1.56 bits per heavy atom. The van der Waals surface area contributed by atoms with Crippen LogP contribution in [-0.4, -0.2) is 34.7 Å². The average molecular weight is 224 g/mol. The summed E-state index contributed by atoms with van der Waals surface area (Å²) in [5, 5.41) is 14.1. The third-order valence-corrected chi connectivity index (χ3v) is 3.17. The largest absolute Gasteiger partial charge is 0.390 e. The number of aliphatic hydroxyl groups excluding tert-OH is 1. The summed E-state index contributed by atoms with van der Waals surface area (Å²) in [4.78, 5) is 0. The van der Waals surface area contributed by atoms with Crippen molar-refractivity contribution in [3.8, 4) is 0 Å². The van der Waals surface area contributed by atoms with E-state index in [0.29, 0.717) is 19.1 Å². The lowest BCUT2D eigenvalue weighted by atomic mass is 10.2. The molecular formula is C12H20N2O2. The van der Waals surface area contributed by atoms with Gasteiger partial charge in [0.05, 0.1) is 24.4 Å². The standard InChI is InChI=1S/C12H20N2O2/c1-16-9-12(15)8-10-6-7-14(13-10)11-4-2-3-5-11/h6-7,11-12,15H,2-5,8-9H2,1H3. The van der Waals surface area contributed by atoms with Gasteiger partial charge in [0.15, 0.2) is 0 Å². The van der Waals surface area contributed by atoms with Gasteiger partial charge < -0.3 is 9.84 Å². The fourth-order valence-electron chi connectivity index (χ4n) is 2.35. The molecule has 4 heteroatoms. The maximum Gasteiger partial charge on any atom is 0.0829 e. The molecule has 1 atom stereocenters. The number of hydrogen-bond donors (Lipinski definition) is 1. The van der Waals surface area contributed by atoms with Gasteiger partial charge in [0.2, 0.25) is 0 Å². The Morgan fingerprint density at radius 3 is 3.00 bits per heavy atom. The van der Waals surface area contributed by atoms with E-state index in [9.17, 15) is 5.11 Å². The lowest BCUT2D eigenvalue weighted by Crippen LogP contribution is -2.17. The van der Waals surface area contributed by atoms with Crippen LogP contribution in [0.4, 0.5) is 0 Å². The van der Waals surface area contributed by atoms with Crippen LogP contribution in [0.25, 0.3) is 0 Å². The second-order valence-electron chi connectivity index (χ2n) is 4.54. The molecule has 0 spiro atoms. The van der Waals surface area contributed by atoms with Crippen LogP contribution in [0.15, 0.2) is 12.3 Å². The van der Waals surface area contributed by atoms with E-state index in [4.69, 9.17) is 4.74 Å². The van der Waals surface area contributed by atoms with Crippen molar-refractivity contribution >= 4 is 0 Å². The fraction of sp³-hybridized carbons (Fsp3) is 0.750. The SMILES string of the molecule is COCC(O)Cc1ccn(C2CCCC2)n1. The van der Waals surface area contributed by atoms with E-state index in [2.05, 4.69) is 9.78 Å². The molecule has 0 saturated heterocycles. The third kappa shape index (κ3) is 2.83. The first-order chi connectivity index (χ1) is 7.79. The topological polar surface area (TPSA) is 47.3 Å². The molecule has 1 aliphatic carbocycles. The normalized spacial score (nSPS) is 19.1. The molecule has 1 aromatic rings. The molecule has 0 bridgehead atoms. The monoisotopic (exact) mass is 224 g/mol. The summed E-state index contributed by atoms with van der Waals surface area (Å²) in [6, 6.07) is 2.57. The second kappa shape index (κ2) is 5.46. The van der Waals surface area contributed by atoms with Gasteiger partial charge in [-0.2, -0.15) is 5.10 Å². The van der Waals surface area contributed by atoms with Crippen LogP contribution in [0, 0.1) is 0 Å². The van der Waals surface area contributed by atoms with E-state index >= 15 is 0 Å². The molecule has 16 heavy (non-hydrogen) atoms. The third-order valence-electron chi connectivity index (χ3n) is 3.17. The maximum atomic E-state index is 9.60. The van der Waals surface area contributed by atoms with Gasteiger partial charge in [-0.05, 0) is 18.9 Å². The van der Waals surface area contributed by atoms with Gasteiger partial charge in [-0.15, -0.1) is 0 Å². The van der Waals surface area contributed by atoms with Crippen molar-refractivity contribution in [3.05, 3.63) is 18.0 Å². The first-order valence-corrected chi connectivity index (χ1v) is 6.00. The molecule has 0 amide bonds. The predicted octanol–water partition coefficient (Wildman–Crippen LogP) is 1.55. The lowest BCUT2D eigenvalue weighted by molar-refractivity contribution is 0.0643. The molecule has 0 aromatic carbocycles. The van der Waals surface area contributed by atoms with E-state index in [1.165, 1.54) is 25.7 Å². The van der Waals surface area contributed by atoms with Crippen molar-refractivity contribution in [3.63, 3.8) is 0 Å². The van der Waals surface area contributed by atoms with Crippen LogP contribution in [0.3, 0.4) is 0 Å². The maximum absolute atomic E-state index is 9.60. The van der Waals surface area contributed by atoms with E-state index in [1.54, 1.807) is 7.11 Å². The molecule has 1 unspecified atom stereocenters. The summed E-state index contributed by atoms with van der Waals surface area (Å²) in [5.74, 6) is 0. The van der Waals surface area contributed by atoms with Gasteiger partial charge in [0.25, 0.3) is 0 Å². The number of hydrogen-bond acceptors (Lipinski definition) is 3. The molecule has 2 rings (SSSR count). The number of ether oxygens (including phenoxy) is 1. The molecule has 0 aliphatic heterocycles. The Bertz CT molecular complexity index is 319. The molecule has 1 N–H and O–H groups in total. The smallest absolute Gasteiger partial charge is 0.0829 e. The Balaban J connectivity index is 1.91. The number of aromatic nitrogens is 2. The zero-order valence-corrected chi connectivity index (χ0v) is 9.80. The zero-order valence-electron chi connectivity index (χ0n) is 9.80. The van der Waals surface area contributed by atoms with Crippen LogP contribution in [0.2, 0.25) is 0 Å². The van der Waals surface area contributed by atoms with Gasteiger partial charge in [0.1, 0.15) is 0 Å². The minimum atomic E-state index is -0.447. The van der Waals surface area contributed by atoms with Crippen LogP contribution in [0.5, 0.6) is 0 Å². The van der Waals surface area contributed by atoms with Crippen molar-refractivity contribution in [1.82, 2.24) is 9.78 Å². The number of nitrogens with zero attached hydrogens (tertiary/aromatic N) is 2. The molecule has 90 valence electrons. The molecule has 1 heterocycles. The Labute approximate surface area is 96.2 Å². The fourth-order valence-corrected chi connectivity index (χ4v) is 2.35. The van der Waals surface area contributed by atoms with Crippen molar-refractivity contribution < 1.29 is 9.84 Å². The highest BCUT2D eigenvalue weighted by atomic mass is 16.5. The van der Waals surface area contributed by atoms with E-state index in [0.717, 1.165) is 5.69 Å². The lowest BCUT2D eigenvalue weighted by Gasteiger charge is -2.09. The molecule has 1 fully saturated rings. The molecule has 1 aromatic heterocycles. The minimum absolute atomic E-state index is 0.371. The summed E-state index contributed by atoms with van der Waals surface area (Å²) >= 11 is 0. The van der Waals surface area contributed by atoms with Crippen LogP contribution in [-0.2, 0) is 11.2 Å². The van der Waals surface area contributed by atoms with Crippen molar-refractivity contribution in [2.45, 2.75) is 44.2 Å². The number of aliphatic hydroxyl groups is 1. The molecule has 0 radical (unpaired) electrons. The number of methoxy groups -OCH3 is 1. The van der Waals surface area contributed by atoms with Gasteiger partial charge in [-0.1, -0.05) is 12.8 Å². The first kappa shape index (κ1) is 11.6. The molecule has 1 saturated carbocycles. The summed E-state index contributed by atoms with van der Waals surface area (Å²) in [7, 11) is 1.60. The van der Waals surface area contributed by atoms with E-state index in [-0.39, 0.29) is 0 Å². The molecule has 1 aliphatic rings. The van der Waals surface area contributed by atoms with Gasteiger partial charge in [0, 0.05) is 19.7 Å². The Kier molecular flexibility index (Phi) is 3.96. The van der Waals surface area contributed by atoms with Crippen molar-refractivity contribution in [1.29, 1.82) is 0 Å². The minimum Gasteiger partial charge on any atom is -0.390 e. The highest BCUT2D eigenvalue weighted by molar-refractivity contribution is 5.01. The summed E-state index contributed by atoms with van der Waals surface area (Å²) in [5.41, 5.74) is 0.955. The van der Waals surface area contributed by atoms with Gasteiger partial charge in [-0.25, -0.2) is 0 Å². The quantitative estimate of drug-likeness (QED) is 0.825. The van der Waals surface area contributed by atoms with Crippen molar-refractivity contribution in [2.75, 3.05) is 13.7 Å². The van der Waals surface area contributed by atoms with E-state index < -0.39 is 6.10 Å². The van der Waals surface area contributed by atoms with Crippen LogP contribution in [0.1, 0.15) is 37.4 Å². The summed E-state index contributed by atoms with van der Waals surface area (Å²) in [6.45, 7) is 0.371. The zero-order chi connectivity index (χ0) is 11.4. The summed E-state index contributed by atoms with van der Waals surface area (Å²) < 4.78 is 6.96. The second-order valence-corrected chi connectivity index (χ2v) is 4.54. The highest BCUT2D eigenvalue weighted by Crippen LogP contribution is 2.28. The van der Waals surface area contributed by atoms with Crippen LogP contribution < -0.4 is 0 Å². The molecular weight excluding hydrogens is 204 g/mol. The van der Waals surface area contributed by atoms with E-state index in [1.807, 2.05) is 12.3 Å². The molecule has 4 nitrogen and oxygen atoms in total. The van der Waals surface area contributed by atoms with Gasteiger partial charge >= 0.3 is 0 Å². The number of rotatable bonds is 5. The van der Waals surface area contributed by atoms with Crippen molar-refractivity contribution in [2.24, 2.45) is 0 Å². The van der Waals surface area contributed by atoms with Crippen LogP contribution >= 0.6 is 0 Å². The summed E-state index contributed by atoms with van der Waals surface area (Å²) in [6.07, 6.45) is 7.26. The predicted molar refractivity (Wildman–Crippen MR) is 61.3 cm³/mol. The first-order valence-electron chi connectivity index (χ1n) is 6.00. The highest BCUT2D eigenvalue weighted by Gasteiger charge is 2.18. The average Bonchev–Trinajstić information content (AvgIpc) is 2.86. The Morgan fingerprint density at radius 2 is 2.31 bits per heavy atom. The van der Waals surface area contributed by atoms with Gasteiger partial charge in [-0.3, -0.25) is 4.68 Å². The Hall–Kier alpha value is -0.870.